The number of carbonyl (C=O) groups excluding carboxylic acids is 1. The number of fused-ring (bicyclic) bond motifs is 1. The van der Waals surface area contributed by atoms with Gasteiger partial charge in [0.1, 0.15) is 23.7 Å². The van der Waals surface area contributed by atoms with Crippen LogP contribution in [0.2, 0.25) is 0 Å². The fourth-order valence-corrected chi connectivity index (χ4v) is 9.50. The number of carbonyl (C=O) groups is 1. The summed E-state index contributed by atoms with van der Waals surface area (Å²) in [6, 6.07) is 23.0. The summed E-state index contributed by atoms with van der Waals surface area (Å²) in [6.45, 7) is 7.62. The summed E-state index contributed by atoms with van der Waals surface area (Å²) in [6.07, 6.45) is 9.77. The number of nitrogens with one attached hydrogen (secondary N) is 2. The van der Waals surface area contributed by atoms with E-state index in [1.54, 1.807) is 0 Å². The first kappa shape index (κ1) is 29.6. The van der Waals surface area contributed by atoms with Gasteiger partial charge in [-0.2, -0.15) is 0 Å². The molecule has 9 rings (SSSR count). The van der Waals surface area contributed by atoms with Gasteiger partial charge >= 0.3 is 0 Å². The van der Waals surface area contributed by atoms with Gasteiger partial charge < -0.3 is 19.9 Å². The molecule has 7 heteroatoms. The van der Waals surface area contributed by atoms with E-state index in [2.05, 4.69) is 69.5 Å². The minimum atomic E-state index is 0.181. The Bertz CT molecular complexity index is 1630. The van der Waals surface area contributed by atoms with Gasteiger partial charge in [0.15, 0.2) is 0 Å². The topological polar surface area (TPSA) is 73.5 Å². The van der Waals surface area contributed by atoms with Crippen LogP contribution in [-0.2, 0) is 11.2 Å². The largest absolute Gasteiger partial charge is 0.492 e. The van der Waals surface area contributed by atoms with Crippen LogP contribution < -0.4 is 15.0 Å². The molecule has 2 N–H and O–H groups in total. The molecule has 0 spiro atoms. The second-order valence-corrected chi connectivity index (χ2v) is 14.7. The molecule has 46 heavy (non-hydrogen) atoms. The normalized spacial score (nSPS) is 25.7. The Kier molecular flexibility index (Phi) is 7.97. The number of H-pyrrole nitrogens is 1. The number of piperazine rings is 1. The zero-order valence-corrected chi connectivity index (χ0v) is 27.1. The van der Waals surface area contributed by atoms with Gasteiger partial charge in [-0.1, -0.05) is 37.3 Å². The van der Waals surface area contributed by atoms with Crippen molar-refractivity contribution in [2.75, 3.05) is 49.5 Å². The van der Waals surface area contributed by atoms with E-state index in [0.29, 0.717) is 13.0 Å². The highest BCUT2D eigenvalue weighted by atomic mass is 16.5. The zero-order chi connectivity index (χ0) is 31.1. The van der Waals surface area contributed by atoms with Gasteiger partial charge in [-0.15, -0.1) is 0 Å². The number of anilines is 2. The zero-order valence-electron chi connectivity index (χ0n) is 27.1. The average molecular weight is 618 g/mol. The molecule has 1 aliphatic heterocycles. The second-order valence-electron chi connectivity index (χ2n) is 14.7. The van der Waals surface area contributed by atoms with E-state index in [4.69, 9.17) is 9.72 Å². The Morgan fingerprint density at radius 2 is 1.61 bits per heavy atom. The Balaban J connectivity index is 0.799. The Morgan fingerprint density at radius 1 is 0.913 bits per heavy atom. The number of aromatic amines is 1. The first-order chi connectivity index (χ1) is 22.5. The molecule has 4 aliphatic carbocycles. The molecule has 3 aromatic carbocycles. The van der Waals surface area contributed by atoms with Gasteiger partial charge in [-0.25, -0.2) is 4.98 Å². The molecule has 0 radical (unpaired) electrons. The Labute approximate surface area is 272 Å². The third-order valence-electron chi connectivity index (χ3n) is 11.4. The fraction of sp³-hybridized carbons (Fsp3) is 0.487. The van der Waals surface area contributed by atoms with Crippen molar-refractivity contribution in [2.24, 2.45) is 23.2 Å². The number of benzene rings is 3. The summed E-state index contributed by atoms with van der Waals surface area (Å²) >= 11 is 0. The van der Waals surface area contributed by atoms with Gasteiger partial charge in [0.25, 0.3) is 0 Å². The van der Waals surface area contributed by atoms with Crippen LogP contribution in [0.25, 0.3) is 22.4 Å². The van der Waals surface area contributed by atoms with Crippen LogP contribution in [0, 0.1) is 23.2 Å². The maximum absolute atomic E-state index is 13.0. The number of aryl methyl sites for hydroxylation is 1. The van der Waals surface area contributed by atoms with Crippen molar-refractivity contribution in [3.63, 3.8) is 0 Å². The molecule has 4 saturated carbocycles. The monoisotopic (exact) mass is 617 g/mol. The first-order valence-corrected chi connectivity index (χ1v) is 17.6. The van der Waals surface area contributed by atoms with Crippen molar-refractivity contribution >= 4 is 28.3 Å². The van der Waals surface area contributed by atoms with Gasteiger partial charge in [0.05, 0.1) is 11.2 Å². The molecule has 240 valence electrons. The number of aromatic nitrogens is 2. The van der Waals surface area contributed by atoms with E-state index in [1.807, 2.05) is 24.3 Å². The minimum absolute atomic E-state index is 0.181. The highest BCUT2D eigenvalue weighted by Gasteiger charge is 2.51. The van der Waals surface area contributed by atoms with Gasteiger partial charge in [-0.3, -0.25) is 9.69 Å². The lowest BCUT2D eigenvalue weighted by Crippen LogP contribution is -2.47. The first-order valence-electron chi connectivity index (χ1n) is 17.6. The third kappa shape index (κ3) is 6.14. The molecule has 4 aromatic rings. The van der Waals surface area contributed by atoms with E-state index < -0.39 is 0 Å². The van der Waals surface area contributed by atoms with E-state index in [9.17, 15) is 4.79 Å². The number of imidazole rings is 1. The van der Waals surface area contributed by atoms with Crippen LogP contribution in [-0.4, -0.2) is 60.1 Å². The lowest BCUT2D eigenvalue weighted by molar-refractivity contribution is -0.124. The lowest BCUT2D eigenvalue weighted by Gasteiger charge is -2.56. The Hall–Kier alpha value is -3.84. The number of para-hydroxylation sites is 1. The summed E-state index contributed by atoms with van der Waals surface area (Å²) < 4.78 is 6.11. The van der Waals surface area contributed by atoms with Crippen molar-refractivity contribution in [1.29, 1.82) is 0 Å². The SMILES string of the molecule is CCc1ccc(-c2nc3c(N4CCN(CCOc5ccc(NC(=O)CC67CC8CC(CC(C8)C6)C7)cc5)CC4)cccc3[nH]2)cc1. The summed E-state index contributed by atoms with van der Waals surface area (Å²) in [5, 5.41) is 3.18. The molecule has 4 bridgehead atoms. The predicted molar refractivity (Wildman–Crippen MR) is 185 cm³/mol. The van der Waals surface area contributed by atoms with E-state index in [-0.39, 0.29) is 11.3 Å². The molecule has 0 atom stereocenters. The van der Waals surface area contributed by atoms with Crippen LogP contribution >= 0.6 is 0 Å². The molecule has 1 saturated heterocycles. The minimum Gasteiger partial charge on any atom is -0.492 e. The molecule has 5 aliphatic rings. The van der Waals surface area contributed by atoms with E-state index >= 15 is 0 Å². The number of hydrogen-bond donors (Lipinski definition) is 2. The summed E-state index contributed by atoms with van der Waals surface area (Å²) in [4.78, 5) is 26.5. The lowest BCUT2D eigenvalue weighted by atomic mass is 9.49. The van der Waals surface area contributed by atoms with Crippen LogP contribution in [0.15, 0.2) is 66.7 Å². The quantitative estimate of drug-likeness (QED) is 0.192. The highest BCUT2D eigenvalue weighted by Crippen LogP contribution is 2.61. The summed E-state index contributed by atoms with van der Waals surface area (Å²) in [7, 11) is 0. The van der Waals surface area contributed by atoms with Crippen LogP contribution in [0.3, 0.4) is 0 Å². The third-order valence-corrected chi connectivity index (χ3v) is 11.4. The molecule has 1 aromatic heterocycles. The maximum Gasteiger partial charge on any atom is 0.224 e. The van der Waals surface area contributed by atoms with Crippen molar-refractivity contribution in [3.05, 3.63) is 72.3 Å². The average Bonchev–Trinajstić information content (AvgIpc) is 3.50. The number of rotatable bonds is 10. The smallest absolute Gasteiger partial charge is 0.224 e. The van der Waals surface area contributed by atoms with E-state index in [1.165, 1.54) is 49.8 Å². The van der Waals surface area contributed by atoms with Crippen molar-refractivity contribution in [3.8, 4) is 17.1 Å². The number of hydrogen-bond acceptors (Lipinski definition) is 5. The number of ether oxygens (including phenoxy) is 1. The van der Waals surface area contributed by atoms with Gasteiger partial charge in [-0.05, 0) is 110 Å². The predicted octanol–water partition coefficient (Wildman–Crippen LogP) is 7.54. The Morgan fingerprint density at radius 3 is 2.28 bits per heavy atom. The van der Waals surface area contributed by atoms with Crippen molar-refractivity contribution < 1.29 is 9.53 Å². The molecule has 0 unspecified atom stereocenters. The molecular weight excluding hydrogens is 570 g/mol. The number of amides is 1. The molecule has 1 amide bonds. The fourth-order valence-electron chi connectivity index (χ4n) is 9.50. The molecule has 7 nitrogen and oxygen atoms in total. The summed E-state index contributed by atoms with van der Waals surface area (Å²) in [5.41, 5.74) is 6.92. The summed E-state index contributed by atoms with van der Waals surface area (Å²) in [5.74, 6) is 4.58. The molecular formula is C39H47N5O2. The highest BCUT2D eigenvalue weighted by molar-refractivity contribution is 5.92. The number of nitrogens with zero attached hydrogens (tertiary/aromatic N) is 3. The molecule has 2 heterocycles. The van der Waals surface area contributed by atoms with Crippen molar-refractivity contribution in [1.82, 2.24) is 14.9 Å². The second kappa shape index (κ2) is 12.4. The van der Waals surface area contributed by atoms with Crippen LogP contribution in [0.1, 0.15) is 57.4 Å². The standard InChI is InChI=1S/C39H47N5O2/c1-2-27-6-8-31(9-7-27)38-41-34-4-3-5-35(37(34)42-38)44-16-14-43(15-17-44)18-19-46-33-12-10-32(11-13-33)40-36(45)26-39-23-28-20-29(24-39)22-30(21-28)25-39/h3-13,28-30H,2,14-26H2,1H3,(H,40,45)(H,41,42). The van der Waals surface area contributed by atoms with Gasteiger partial charge in [0.2, 0.25) is 5.91 Å². The van der Waals surface area contributed by atoms with Crippen molar-refractivity contribution in [2.45, 2.75) is 58.3 Å². The van der Waals surface area contributed by atoms with Crippen LogP contribution in [0.4, 0.5) is 11.4 Å². The maximum atomic E-state index is 13.0. The van der Waals surface area contributed by atoms with Gasteiger partial charge in [0, 0.05) is 50.4 Å². The molecule has 5 fully saturated rings. The van der Waals surface area contributed by atoms with Crippen LogP contribution in [0.5, 0.6) is 5.75 Å². The van der Waals surface area contributed by atoms with E-state index in [0.717, 1.165) is 90.8 Å².